The molecule has 0 fully saturated rings. The van der Waals surface area contributed by atoms with Crippen molar-refractivity contribution in [3.8, 4) is 0 Å². The van der Waals surface area contributed by atoms with E-state index in [1.165, 1.54) is 0 Å². The van der Waals surface area contributed by atoms with Gasteiger partial charge in [0.25, 0.3) is 5.91 Å². The maximum absolute atomic E-state index is 12.2. The van der Waals surface area contributed by atoms with Crippen LogP contribution in [0.3, 0.4) is 0 Å². The summed E-state index contributed by atoms with van der Waals surface area (Å²) in [4.78, 5) is 13.8. The van der Waals surface area contributed by atoms with Gasteiger partial charge in [-0.15, -0.1) is 0 Å². The number of carbonyl (C=O) groups excluding carboxylic acids is 1. The van der Waals surface area contributed by atoms with Crippen LogP contribution in [0.15, 0.2) is 22.7 Å². The molecule has 0 aromatic heterocycles. The van der Waals surface area contributed by atoms with Gasteiger partial charge in [0.1, 0.15) is 0 Å². The molecule has 0 aliphatic carbocycles. The molecule has 0 saturated carbocycles. The standard InChI is InChI=1S/C12H17BrN2O2/c1-8(2)15(3-4-16)12(17)9-5-10(13)7-11(14)6-9/h5-8,16H,3-4,14H2,1-2H3. The number of aliphatic hydroxyl groups is 1. The number of nitrogens with two attached hydrogens (primary N) is 1. The highest BCUT2D eigenvalue weighted by Gasteiger charge is 2.18. The summed E-state index contributed by atoms with van der Waals surface area (Å²) in [6, 6.07) is 5.14. The fourth-order valence-electron chi connectivity index (χ4n) is 1.60. The van der Waals surface area contributed by atoms with E-state index in [1.807, 2.05) is 13.8 Å². The lowest BCUT2D eigenvalue weighted by Gasteiger charge is -2.26. The Labute approximate surface area is 110 Å². The second-order valence-electron chi connectivity index (χ2n) is 4.09. The first-order valence-electron chi connectivity index (χ1n) is 5.43. The minimum atomic E-state index is -0.123. The van der Waals surface area contributed by atoms with Crippen LogP contribution in [0.4, 0.5) is 5.69 Å². The average molecular weight is 301 g/mol. The number of halogens is 1. The molecule has 0 spiro atoms. The SMILES string of the molecule is CC(C)N(CCO)C(=O)c1cc(N)cc(Br)c1. The Bertz CT molecular complexity index is 387. The number of nitrogens with zero attached hydrogens (tertiary/aromatic N) is 1. The molecule has 17 heavy (non-hydrogen) atoms. The van der Waals surface area contributed by atoms with Crippen LogP contribution in [0.1, 0.15) is 24.2 Å². The number of anilines is 1. The summed E-state index contributed by atoms with van der Waals surface area (Å²) in [5, 5.41) is 8.96. The van der Waals surface area contributed by atoms with E-state index in [2.05, 4.69) is 15.9 Å². The molecule has 4 nitrogen and oxygen atoms in total. The Balaban J connectivity index is 3.00. The van der Waals surface area contributed by atoms with Gasteiger partial charge in [-0.25, -0.2) is 0 Å². The molecule has 0 radical (unpaired) electrons. The van der Waals surface area contributed by atoms with Gasteiger partial charge in [0, 0.05) is 28.3 Å². The van der Waals surface area contributed by atoms with Crippen molar-refractivity contribution in [2.45, 2.75) is 19.9 Å². The first-order valence-corrected chi connectivity index (χ1v) is 6.23. The number of amides is 1. The summed E-state index contributed by atoms with van der Waals surface area (Å²) in [6.45, 7) is 4.10. The molecule has 0 heterocycles. The molecule has 1 amide bonds. The van der Waals surface area contributed by atoms with Crippen LogP contribution >= 0.6 is 15.9 Å². The van der Waals surface area contributed by atoms with Gasteiger partial charge < -0.3 is 15.7 Å². The monoisotopic (exact) mass is 300 g/mol. The lowest BCUT2D eigenvalue weighted by Crippen LogP contribution is -2.39. The van der Waals surface area contributed by atoms with Crippen molar-refractivity contribution in [3.05, 3.63) is 28.2 Å². The van der Waals surface area contributed by atoms with Crippen LogP contribution < -0.4 is 5.73 Å². The fraction of sp³-hybridized carbons (Fsp3) is 0.417. The van der Waals surface area contributed by atoms with Crippen LogP contribution in [-0.4, -0.2) is 35.1 Å². The van der Waals surface area contributed by atoms with Gasteiger partial charge in [-0.05, 0) is 32.0 Å². The van der Waals surface area contributed by atoms with Crippen LogP contribution in [0.5, 0.6) is 0 Å². The predicted octanol–water partition coefficient (Wildman–Crippen LogP) is 1.87. The molecule has 0 saturated heterocycles. The Hall–Kier alpha value is -1.07. The predicted molar refractivity (Wildman–Crippen MR) is 71.8 cm³/mol. The Kier molecular flexibility index (Phi) is 4.96. The number of nitrogen functional groups attached to an aromatic ring is 1. The van der Waals surface area contributed by atoms with Crippen molar-refractivity contribution in [3.63, 3.8) is 0 Å². The van der Waals surface area contributed by atoms with E-state index in [-0.39, 0.29) is 18.6 Å². The Morgan fingerprint density at radius 2 is 2.12 bits per heavy atom. The van der Waals surface area contributed by atoms with Gasteiger partial charge in [0.05, 0.1) is 6.61 Å². The maximum Gasteiger partial charge on any atom is 0.254 e. The lowest BCUT2D eigenvalue weighted by atomic mass is 10.1. The van der Waals surface area contributed by atoms with Crippen molar-refractivity contribution < 1.29 is 9.90 Å². The van der Waals surface area contributed by atoms with Crippen molar-refractivity contribution in [1.29, 1.82) is 0 Å². The molecule has 1 rings (SSSR count). The van der Waals surface area contributed by atoms with E-state index in [0.717, 1.165) is 4.47 Å². The molecule has 3 N–H and O–H groups in total. The molecule has 0 aliphatic rings. The number of rotatable bonds is 4. The minimum absolute atomic E-state index is 0.0369. The molecular weight excluding hydrogens is 284 g/mol. The number of aliphatic hydroxyl groups excluding tert-OH is 1. The number of carbonyl (C=O) groups is 1. The van der Waals surface area contributed by atoms with Crippen molar-refractivity contribution in [2.75, 3.05) is 18.9 Å². The molecule has 0 atom stereocenters. The summed E-state index contributed by atoms with van der Waals surface area (Å²) in [7, 11) is 0. The van der Waals surface area contributed by atoms with E-state index in [0.29, 0.717) is 17.8 Å². The highest BCUT2D eigenvalue weighted by Crippen LogP contribution is 2.19. The zero-order valence-corrected chi connectivity index (χ0v) is 11.6. The zero-order chi connectivity index (χ0) is 13.0. The van der Waals surface area contributed by atoms with E-state index in [4.69, 9.17) is 10.8 Å². The molecule has 5 heteroatoms. The molecule has 0 bridgehead atoms. The largest absolute Gasteiger partial charge is 0.399 e. The first-order chi connectivity index (χ1) is 7.95. The van der Waals surface area contributed by atoms with Gasteiger partial charge in [0.2, 0.25) is 0 Å². The van der Waals surface area contributed by atoms with Crippen LogP contribution in [-0.2, 0) is 0 Å². The van der Waals surface area contributed by atoms with Crippen molar-refractivity contribution in [1.82, 2.24) is 4.90 Å². The first kappa shape index (κ1) is 14.0. The molecule has 1 aromatic carbocycles. The van der Waals surface area contributed by atoms with Gasteiger partial charge in [-0.2, -0.15) is 0 Å². The average Bonchev–Trinajstić information content (AvgIpc) is 2.23. The molecule has 0 unspecified atom stereocenters. The third-order valence-corrected chi connectivity index (χ3v) is 2.85. The number of benzene rings is 1. The third-order valence-electron chi connectivity index (χ3n) is 2.39. The van der Waals surface area contributed by atoms with E-state index in [9.17, 15) is 4.79 Å². The van der Waals surface area contributed by atoms with Gasteiger partial charge in [-0.1, -0.05) is 15.9 Å². The fourth-order valence-corrected chi connectivity index (χ4v) is 2.11. The summed E-state index contributed by atoms with van der Waals surface area (Å²) >= 11 is 3.31. The Morgan fingerprint density at radius 3 is 2.59 bits per heavy atom. The molecule has 1 aromatic rings. The number of hydrogen-bond donors (Lipinski definition) is 2. The summed E-state index contributed by atoms with van der Waals surface area (Å²) in [6.07, 6.45) is 0. The van der Waals surface area contributed by atoms with Crippen molar-refractivity contribution >= 4 is 27.5 Å². The van der Waals surface area contributed by atoms with Gasteiger partial charge in [-0.3, -0.25) is 4.79 Å². The van der Waals surface area contributed by atoms with E-state index < -0.39 is 0 Å². The topological polar surface area (TPSA) is 66.6 Å². The Morgan fingerprint density at radius 1 is 1.47 bits per heavy atom. The maximum atomic E-state index is 12.2. The highest BCUT2D eigenvalue weighted by molar-refractivity contribution is 9.10. The highest BCUT2D eigenvalue weighted by atomic mass is 79.9. The van der Waals surface area contributed by atoms with Crippen LogP contribution in [0.2, 0.25) is 0 Å². The normalized spacial score (nSPS) is 10.6. The van der Waals surface area contributed by atoms with E-state index >= 15 is 0 Å². The van der Waals surface area contributed by atoms with Gasteiger partial charge >= 0.3 is 0 Å². The summed E-state index contributed by atoms with van der Waals surface area (Å²) in [5.74, 6) is -0.123. The smallest absolute Gasteiger partial charge is 0.254 e. The quantitative estimate of drug-likeness (QED) is 0.834. The summed E-state index contributed by atoms with van der Waals surface area (Å²) in [5.41, 5.74) is 6.76. The van der Waals surface area contributed by atoms with Crippen molar-refractivity contribution in [2.24, 2.45) is 0 Å². The van der Waals surface area contributed by atoms with Crippen LogP contribution in [0, 0.1) is 0 Å². The second kappa shape index (κ2) is 6.02. The number of hydrogen-bond acceptors (Lipinski definition) is 3. The van der Waals surface area contributed by atoms with Gasteiger partial charge in [0.15, 0.2) is 0 Å². The zero-order valence-electron chi connectivity index (χ0n) is 9.98. The van der Waals surface area contributed by atoms with Crippen LogP contribution in [0.25, 0.3) is 0 Å². The molecule has 94 valence electrons. The molecular formula is C12H17BrN2O2. The third kappa shape index (κ3) is 3.71. The minimum Gasteiger partial charge on any atom is -0.399 e. The molecule has 0 aliphatic heterocycles. The second-order valence-corrected chi connectivity index (χ2v) is 5.00. The van der Waals surface area contributed by atoms with E-state index in [1.54, 1.807) is 23.1 Å². The summed E-state index contributed by atoms with van der Waals surface area (Å²) < 4.78 is 0.772. The lowest BCUT2D eigenvalue weighted by molar-refractivity contribution is 0.0665.